The van der Waals surface area contributed by atoms with Gasteiger partial charge in [-0.25, -0.2) is 0 Å². The minimum absolute atomic E-state index is 0.670. The van der Waals surface area contributed by atoms with Crippen LogP contribution in [-0.4, -0.2) is 24.0 Å². The Balaban J connectivity index is 1.90. The highest BCUT2D eigenvalue weighted by molar-refractivity contribution is 5.21. The van der Waals surface area contributed by atoms with E-state index in [0.29, 0.717) is 5.92 Å². The first-order valence-electron chi connectivity index (χ1n) is 7.74. The lowest BCUT2D eigenvalue weighted by molar-refractivity contribution is 0.281. The van der Waals surface area contributed by atoms with Crippen LogP contribution in [0.5, 0.6) is 0 Å². The molecule has 0 amide bonds. The zero-order valence-corrected chi connectivity index (χ0v) is 13.1. The molecule has 0 radical (unpaired) electrons. The van der Waals surface area contributed by atoms with Crippen molar-refractivity contribution in [3.05, 3.63) is 35.8 Å². The molecule has 1 aromatic rings. The summed E-state index contributed by atoms with van der Waals surface area (Å²) < 4.78 is 5.86. The van der Waals surface area contributed by atoms with Gasteiger partial charge in [-0.15, -0.1) is 6.58 Å². The molecular weight excluding hydrogens is 248 g/mol. The molecule has 112 valence electrons. The van der Waals surface area contributed by atoms with Gasteiger partial charge in [0.1, 0.15) is 11.5 Å². The van der Waals surface area contributed by atoms with Crippen LogP contribution in [0.1, 0.15) is 43.8 Å². The van der Waals surface area contributed by atoms with Crippen LogP contribution in [0.15, 0.2) is 23.1 Å². The normalized spacial score (nSPS) is 15.2. The number of rotatable bonds is 9. The van der Waals surface area contributed by atoms with E-state index >= 15 is 0 Å². The van der Waals surface area contributed by atoms with Crippen molar-refractivity contribution < 1.29 is 4.42 Å². The number of hydrogen-bond acceptors (Lipinski definition) is 3. The second-order valence-electron chi connectivity index (χ2n) is 6.27. The second kappa shape index (κ2) is 7.09. The Morgan fingerprint density at radius 3 is 2.85 bits per heavy atom. The number of hydrogen-bond donors (Lipinski definition) is 1. The van der Waals surface area contributed by atoms with Crippen LogP contribution < -0.4 is 5.32 Å². The Labute approximate surface area is 123 Å². The first kappa shape index (κ1) is 15.3. The zero-order chi connectivity index (χ0) is 14.5. The maximum absolute atomic E-state index is 5.86. The van der Waals surface area contributed by atoms with E-state index in [1.807, 2.05) is 6.08 Å². The lowest BCUT2D eigenvalue weighted by atomic mass is 10.2. The number of aryl methyl sites for hydroxylation is 1. The third-order valence-electron chi connectivity index (χ3n) is 3.72. The topological polar surface area (TPSA) is 28.4 Å². The molecule has 0 aromatic carbocycles. The van der Waals surface area contributed by atoms with Gasteiger partial charge in [-0.2, -0.15) is 0 Å². The maximum atomic E-state index is 5.86. The van der Waals surface area contributed by atoms with E-state index in [9.17, 15) is 0 Å². The molecule has 3 nitrogen and oxygen atoms in total. The van der Waals surface area contributed by atoms with Gasteiger partial charge < -0.3 is 9.73 Å². The van der Waals surface area contributed by atoms with Crippen molar-refractivity contribution in [2.45, 2.75) is 52.7 Å². The first-order chi connectivity index (χ1) is 9.60. The van der Waals surface area contributed by atoms with Crippen molar-refractivity contribution >= 4 is 0 Å². The molecule has 0 spiro atoms. The summed E-state index contributed by atoms with van der Waals surface area (Å²) in [6.07, 6.45) is 4.65. The van der Waals surface area contributed by atoms with Crippen LogP contribution in [-0.2, 0) is 13.1 Å². The summed E-state index contributed by atoms with van der Waals surface area (Å²) in [7, 11) is 0. The lowest BCUT2D eigenvalue weighted by Gasteiger charge is -2.19. The Morgan fingerprint density at radius 2 is 2.25 bits per heavy atom. The largest absolute Gasteiger partial charge is 0.465 e. The van der Waals surface area contributed by atoms with E-state index in [1.54, 1.807) is 0 Å². The van der Waals surface area contributed by atoms with Crippen molar-refractivity contribution in [3.63, 3.8) is 0 Å². The van der Waals surface area contributed by atoms with Gasteiger partial charge in [-0.3, -0.25) is 4.90 Å². The molecule has 0 unspecified atom stereocenters. The highest BCUT2D eigenvalue weighted by Gasteiger charge is 2.28. The standard InChI is InChI=1S/C17H28N2O/c1-5-8-19(16-6-7-16)12-15-9-17(20-14(15)4)11-18-10-13(2)3/h5,9,13,16,18H,1,6-8,10-12H2,2-4H3. The van der Waals surface area contributed by atoms with E-state index in [2.05, 4.69) is 43.6 Å². The predicted octanol–water partition coefficient (Wildman–Crippen LogP) is 3.48. The molecule has 0 bridgehead atoms. The quantitative estimate of drug-likeness (QED) is 0.700. The summed E-state index contributed by atoms with van der Waals surface area (Å²) >= 11 is 0. The van der Waals surface area contributed by atoms with Gasteiger partial charge in [-0.1, -0.05) is 19.9 Å². The highest BCUT2D eigenvalue weighted by atomic mass is 16.3. The predicted molar refractivity (Wildman–Crippen MR) is 83.6 cm³/mol. The fraction of sp³-hybridized carbons (Fsp3) is 0.647. The molecule has 0 atom stereocenters. The summed E-state index contributed by atoms with van der Waals surface area (Å²) in [6, 6.07) is 2.96. The van der Waals surface area contributed by atoms with Crippen LogP contribution in [0.4, 0.5) is 0 Å². The molecule has 20 heavy (non-hydrogen) atoms. The fourth-order valence-corrected chi connectivity index (χ4v) is 2.48. The highest BCUT2D eigenvalue weighted by Crippen LogP contribution is 2.29. The van der Waals surface area contributed by atoms with Crippen LogP contribution in [0.3, 0.4) is 0 Å². The van der Waals surface area contributed by atoms with Crippen molar-refractivity contribution in [2.75, 3.05) is 13.1 Å². The SMILES string of the molecule is C=CCN(Cc1cc(CNCC(C)C)oc1C)C1CC1. The smallest absolute Gasteiger partial charge is 0.118 e. The van der Waals surface area contributed by atoms with E-state index in [-0.39, 0.29) is 0 Å². The van der Waals surface area contributed by atoms with Gasteiger partial charge in [0.05, 0.1) is 6.54 Å². The zero-order valence-electron chi connectivity index (χ0n) is 13.1. The van der Waals surface area contributed by atoms with Crippen molar-refractivity contribution in [1.29, 1.82) is 0 Å². The number of nitrogens with zero attached hydrogens (tertiary/aromatic N) is 1. The molecule has 3 heteroatoms. The average molecular weight is 276 g/mol. The molecule has 1 aromatic heterocycles. The number of furan rings is 1. The summed E-state index contributed by atoms with van der Waals surface area (Å²) in [4.78, 5) is 2.50. The summed E-state index contributed by atoms with van der Waals surface area (Å²) in [5.74, 6) is 2.78. The molecule has 1 N–H and O–H groups in total. The van der Waals surface area contributed by atoms with Gasteiger partial charge in [0.25, 0.3) is 0 Å². The molecule has 2 rings (SSSR count). The summed E-state index contributed by atoms with van der Waals surface area (Å²) in [5, 5.41) is 3.43. The first-order valence-corrected chi connectivity index (χ1v) is 7.74. The lowest BCUT2D eigenvalue weighted by Crippen LogP contribution is -2.25. The minimum Gasteiger partial charge on any atom is -0.465 e. The van der Waals surface area contributed by atoms with E-state index < -0.39 is 0 Å². The van der Waals surface area contributed by atoms with Gasteiger partial charge in [-0.05, 0) is 38.3 Å². The molecule has 1 aliphatic carbocycles. The number of nitrogens with one attached hydrogen (secondary N) is 1. The van der Waals surface area contributed by atoms with E-state index in [1.165, 1.54) is 18.4 Å². The summed E-state index contributed by atoms with van der Waals surface area (Å²) in [5.41, 5.74) is 1.32. The molecule has 1 saturated carbocycles. The van der Waals surface area contributed by atoms with Crippen LogP contribution in [0.25, 0.3) is 0 Å². The molecular formula is C17H28N2O. The van der Waals surface area contributed by atoms with Gasteiger partial charge in [0.2, 0.25) is 0 Å². The monoisotopic (exact) mass is 276 g/mol. The van der Waals surface area contributed by atoms with Crippen molar-refractivity contribution in [3.8, 4) is 0 Å². The van der Waals surface area contributed by atoms with Gasteiger partial charge in [0, 0.05) is 24.7 Å². The molecule has 1 heterocycles. The Morgan fingerprint density at radius 1 is 1.50 bits per heavy atom. The Kier molecular flexibility index (Phi) is 5.44. The van der Waals surface area contributed by atoms with Crippen molar-refractivity contribution in [1.82, 2.24) is 10.2 Å². The van der Waals surface area contributed by atoms with Gasteiger partial charge >= 0.3 is 0 Å². The summed E-state index contributed by atoms with van der Waals surface area (Å²) in [6.45, 7) is 14.2. The fourth-order valence-electron chi connectivity index (χ4n) is 2.48. The van der Waals surface area contributed by atoms with Crippen LogP contribution >= 0.6 is 0 Å². The Bertz CT molecular complexity index is 432. The third kappa shape index (κ3) is 4.50. The van der Waals surface area contributed by atoms with Crippen molar-refractivity contribution in [2.24, 2.45) is 5.92 Å². The van der Waals surface area contributed by atoms with Gasteiger partial charge in [0.15, 0.2) is 0 Å². The molecule has 0 saturated heterocycles. The minimum atomic E-state index is 0.670. The molecule has 0 aliphatic heterocycles. The second-order valence-corrected chi connectivity index (χ2v) is 6.27. The molecule has 1 aliphatic rings. The average Bonchev–Trinajstić information content (AvgIpc) is 3.15. The van der Waals surface area contributed by atoms with E-state index in [0.717, 1.165) is 43.7 Å². The van der Waals surface area contributed by atoms with E-state index in [4.69, 9.17) is 4.42 Å². The van der Waals surface area contributed by atoms with Crippen LogP contribution in [0, 0.1) is 12.8 Å². The maximum Gasteiger partial charge on any atom is 0.118 e. The molecule has 1 fully saturated rings. The third-order valence-corrected chi connectivity index (χ3v) is 3.72. The Hall–Kier alpha value is -1.06. The van der Waals surface area contributed by atoms with Crippen LogP contribution in [0.2, 0.25) is 0 Å².